The van der Waals surface area contributed by atoms with Gasteiger partial charge in [-0.15, -0.1) is 0 Å². The van der Waals surface area contributed by atoms with E-state index in [0.717, 1.165) is 49.2 Å². The molecule has 0 fully saturated rings. The van der Waals surface area contributed by atoms with E-state index in [1.54, 1.807) is 36.4 Å². The first-order chi connectivity index (χ1) is 22.0. The lowest BCUT2D eigenvalue weighted by Crippen LogP contribution is -2.15. The number of unbranched alkanes of at least 4 members (excludes halogenated alkanes) is 10. The Morgan fingerprint density at radius 1 is 0.578 bits per heavy atom. The smallest absolute Gasteiger partial charge is 0.343 e. The van der Waals surface area contributed by atoms with Crippen LogP contribution in [-0.4, -0.2) is 24.6 Å². The predicted octanol–water partition coefficient (Wildman–Crippen LogP) is 10.3. The van der Waals surface area contributed by atoms with E-state index in [4.69, 9.17) is 14.2 Å². The van der Waals surface area contributed by atoms with E-state index >= 15 is 0 Å². The molecule has 0 aliphatic carbocycles. The van der Waals surface area contributed by atoms with Gasteiger partial charge in [0.1, 0.15) is 11.5 Å². The number of benzene rings is 3. The highest BCUT2D eigenvalue weighted by Crippen LogP contribution is 2.17. The first-order valence-corrected chi connectivity index (χ1v) is 16.9. The summed E-state index contributed by atoms with van der Waals surface area (Å²) >= 11 is 0. The van der Waals surface area contributed by atoms with Crippen LogP contribution in [0, 0.1) is 11.8 Å². The SMILES string of the molecule is CCCCCCCCCCOc1ccc(C#Cc2ccc(OC(=O)c3ccc(C(=O)O[C@H](C)CCCCCC)cc3)cc2)cc1. The van der Waals surface area contributed by atoms with Crippen molar-refractivity contribution in [3.8, 4) is 23.3 Å². The van der Waals surface area contributed by atoms with Gasteiger partial charge in [0.05, 0.1) is 23.8 Å². The third kappa shape index (κ3) is 14.1. The fraction of sp³-hybridized carbons (Fsp3) is 0.450. The summed E-state index contributed by atoms with van der Waals surface area (Å²) in [4.78, 5) is 25.1. The third-order valence-electron chi connectivity index (χ3n) is 7.67. The van der Waals surface area contributed by atoms with Gasteiger partial charge in [0.15, 0.2) is 0 Å². The summed E-state index contributed by atoms with van der Waals surface area (Å²) in [6.07, 6.45) is 15.6. The van der Waals surface area contributed by atoms with Crippen LogP contribution < -0.4 is 9.47 Å². The molecule has 0 radical (unpaired) electrons. The lowest BCUT2D eigenvalue weighted by molar-refractivity contribution is 0.0319. The Kier molecular flexibility index (Phi) is 16.4. The second kappa shape index (κ2) is 20.8. The van der Waals surface area contributed by atoms with Gasteiger partial charge in [-0.1, -0.05) is 89.9 Å². The molecule has 0 aliphatic heterocycles. The second-order valence-electron chi connectivity index (χ2n) is 11.7. The summed E-state index contributed by atoms with van der Waals surface area (Å²) in [6, 6.07) is 21.3. The molecule has 0 heterocycles. The molecule has 0 N–H and O–H groups in total. The van der Waals surface area contributed by atoms with Gasteiger partial charge in [0.25, 0.3) is 0 Å². The van der Waals surface area contributed by atoms with E-state index in [2.05, 4.69) is 25.7 Å². The van der Waals surface area contributed by atoms with Crippen molar-refractivity contribution in [1.82, 2.24) is 0 Å². The van der Waals surface area contributed by atoms with Crippen LogP contribution in [0.5, 0.6) is 11.5 Å². The molecule has 1 atom stereocenters. The molecule has 0 spiro atoms. The number of hydrogen-bond acceptors (Lipinski definition) is 5. The lowest BCUT2D eigenvalue weighted by atomic mass is 10.1. The monoisotopic (exact) mass is 610 g/mol. The molecular weight excluding hydrogens is 560 g/mol. The molecule has 3 aromatic carbocycles. The number of hydrogen-bond donors (Lipinski definition) is 0. The Bertz CT molecular complexity index is 1330. The molecule has 3 aromatic rings. The van der Waals surface area contributed by atoms with Crippen LogP contribution in [0.25, 0.3) is 0 Å². The average Bonchev–Trinajstić information content (AvgIpc) is 3.06. The molecule has 0 aliphatic rings. The van der Waals surface area contributed by atoms with Gasteiger partial charge < -0.3 is 14.2 Å². The van der Waals surface area contributed by atoms with Crippen LogP contribution in [0.3, 0.4) is 0 Å². The van der Waals surface area contributed by atoms with E-state index < -0.39 is 5.97 Å². The van der Waals surface area contributed by atoms with Gasteiger partial charge in [-0.25, -0.2) is 9.59 Å². The first-order valence-electron chi connectivity index (χ1n) is 16.9. The molecule has 0 saturated heterocycles. The summed E-state index contributed by atoms with van der Waals surface area (Å²) in [5, 5.41) is 0. The summed E-state index contributed by atoms with van der Waals surface area (Å²) < 4.78 is 16.9. The van der Waals surface area contributed by atoms with Crippen molar-refractivity contribution in [1.29, 1.82) is 0 Å². The summed E-state index contributed by atoms with van der Waals surface area (Å²) in [5.74, 6) is 6.73. The molecule has 45 heavy (non-hydrogen) atoms. The molecule has 3 rings (SSSR count). The molecule has 5 nitrogen and oxygen atoms in total. The molecule has 0 bridgehead atoms. The normalized spacial score (nSPS) is 11.3. The van der Waals surface area contributed by atoms with Crippen molar-refractivity contribution in [3.63, 3.8) is 0 Å². The number of rotatable bonds is 19. The Balaban J connectivity index is 1.39. The second-order valence-corrected chi connectivity index (χ2v) is 11.7. The van der Waals surface area contributed by atoms with Crippen molar-refractivity contribution in [2.75, 3.05) is 6.61 Å². The Hall–Kier alpha value is -4.04. The third-order valence-corrected chi connectivity index (χ3v) is 7.67. The maximum Gasteiger partial charge on any atom is 0.343 e. The maximum absolute atomic E-state index is 12.6. The van der Waals surface area contributed by atoms with Crippen molar-refractivity contribution in [2.24, 2.45) is 0 Å². The molecule has 5 heteroatoms. The van der Waals surface area contributed by atoms with Crippen molar-refractivity contribution in [2.45, 2.75) is 110 Å². The molecule has 0 amide bonds. The van der Waals surface area contributed by atoms with Gasteiger partial charge in [-0.2, -0.15) is 0 Å². The van der Waals surface area contributed by atoms with Crippen LogP contribution in [0.4, 0.5) is 0 Å². The van der Waals surface area contributed by atoms with E-state index in [1.807, 2.05) is 43.3 Å². The zero-order chi connectivity index (χ0) is 32.1. The van der Waals surface area contributed by atoms with Crippen molar-refractivity contribution in [3.05, 3.63) is 95.1 Å². The van der Waals surface area contributed by atoms with Crippen molar-refractivity contribution < 1.29 is 23.8 Å². The highest BCUT2D eigenvalue weighted by Gasteiger charge is 2.14. The summed E-state index contributed by atoms with van der Waals surface area (Å²) in [5.41, 5.74) is 2.48. The number of ether oxygens (including phenoxy) is 3. The largest absolute Gasteiger partial charge is 0.494 e. The molecule has 240 valence electrons. The van der Waals surface area contributed by atoms with E-state index in [0.29, 0.717) is 16.9 Å². The fourth-order valence-electron chi connectivity index (χ4n) is 4.89. The zero-order valence-electron chi connectivity index (χ0n) is 27.4. The van der Waals surface area contributed by atoms with Crippen LogP contribution in [0.15, 0.2) is 72.8 Å². The number of esters is 2. The summed E-state index contributed by atoms with van der Waals surface area (Å²) in [7, 11) is 0. The quantitative estimate of drug-likeness (QED) is 0.0585. The van der Waals surface area contributed by atoms with Gasteiger partial charge >= 0.3 is 11.9 Å². The van der Waals surface area contributed by atoms with E-state index in [9.17, 15) is 9.59 Å². The van der Waals surface area contributed by atoms with Gasteiger partial charge in [0, 0.05) is 11.1 Å². The van der Waals surface area contributed by atoms with E-state index in [-0.39, 0.29) is 12.1 Å². The van der Waals surface area contributed by atoms with E-state index in [1.165, 1.54) is 57.8 Å². The highest BCUT2D eigenvalue weighted by molar-refractivity contribution is 5.94. The fourth-order valence-corrected chi connectivity index (χ4v) is 4.89. The van der Waals surface area contributed by atoms with Crippen LogP contribution in [0.2, 0.25) is 0 Å². The molecule has 0 aromatic heterocycles. The van der Waals surface area contributed by atoms with Crippen molar-refractivity contribution >= 4 is 11.9 Å². The van der Waals surface area contributed by atoms with Crippen LogP contribution >= 0.6 is 0 Å². The van der Waals surface area contributed by atoms with Gasteiger partial charge in [0.2, 0.25) is 0 Å². The highest BCUT2D eigenvalue weighted by atomic mass is 16.5. The number of carbonyl (C=O) groups excluding carboxylic acids is 2. The topological polar surface area (TPSA) is 61.8 Å². The minimum Gasteiger partial charge on any atom is -0.494 e. The van der Waals surface area contributed by atoms with Crippen LogP contribution in [0.1, 0.15) is 136 Å². The minimum absolute atomic E-state index is 0.138. The predicted molar refractivity (Wildman–Crippen MR) is 182 cm³/mol. The molecule has 0 saturated carbocycles. The standard InChI is InChI=1S/C40H50O5/c1-4-6-8-10-11-12-13-15-31-43-37-27-19-33(20-28-37)17-18-34-21-29-38(30-22-34)45-40(42)36-25-23-35(24-26-36)39(41)44-32(3)16-14-9-7-5-2/h19-30,32H,4-16,31H2,1-3H3/t32-/m1/s1. The summed E-state index contributed by atoms with van der Waals surface area (Å²) in [6.45, 7) is 7.08. The minimum atomic E-state index is -0.497. The molecule has 0 unspecified atom stereocenters. The average molecular weight is 611 g/mol. The Labute approximate surface area is 270 Å². The maximum atomic E-state index is 12.6. The van der Waals surface area contributed by atoms with Crippen LogP contribution in [-0.2, 0) is 4.74 Å². The Morgan fingerprint density at radius 2 is 1.04 bits per heavy atom. The lowest BCUT2D eigenvalue weighted by Gasteiger charge is -2.13. The van der Waals surface area contributed by atoms with Gasteiger partial charge in [-0.3, -0.25) is 0 Å². The molecular formula is C40H50O5. The Morgan fingerprint density at radius 3 is 1.60 bits per heavy atom. The van der Waals surface area contributed by atoms with Gasteiger partial charge in [-0.05, 0) is 99.0 Å². The zero-order valence-corrected chi connectivity index (χ0v) is 27.4. The first kappa shape index (κ1) is 35.4. The number of carbonyl (C=O) groups is 2.